The summed E-state index contributed by atoms with van der Waals surface area (Å²) in [4.78, 5) is 23.2. The quantitative estimate of drug-likeness (QED) is 0.797. The van der Waals surface area contributed by atoms with Crippen LogP contribution in [0.5, 0.6) is 5.75 Å². The molecule has 1 aromatic carbocycles. The van der Waals surface area contributed by atoms with Crippen LogP contribution in [-0.2, 0) is 9.59 Å². The van der Waals surface area contributed by atoms with Crippen LogP contribution in [0.1, 0.15) is 20.3 Å². The second-order valence-corrected chi connectivity index (χ2v) is 3.94. The highest BCUT2D eigenvalue weighted by molar-refractivity contribution is 6.39. The van der Waals surface area contributed by atoms with Gasteiger partial charge in [-0.25, -0.2) is 0 Å². The number of ether oxygens (including phenoxy) is 1. The topological polar surface area (TPSA) is 67.4 Å². The molecule has 0 bridgehead atoms. The number of methoxy groups -OCH3 is 1. The second kappa shape index (κ2) is 6.64. The first kappa shape index (κ1) is 14.0. The molecular weight excluding hydrogens is 232 g/mol. The Labute approximate surface area is 107 Å². The molecule has 0 fully saturated rings. The van der Waals surface area contributed by atoms with Crippen molar-refractivity contribution in [3.8, 4) is 5.75 Å². The largest absolute Gasteiger partial charge is 0.495 e. The molecule has 0 aromatic heterocycles. The summed E-state index contributed by atoms with van der Waals surface area (Å²) >= 11 is 0. The van der Waals surface area contributed by atoms with Gasteiger partial charge in [-0.1, -0.05) is 19.1 Å². The van der Waals surface area contributed by atoms with E-state index in [-0.39, 0.29) is 6.04 Å². The number of carbonyl (C=O) groups is 2. The van der Waals surface area contributed by atoms with Crippen molar-refractivity contribution in [2.75, 3.05) is 12.4 Å². The monoisotopic (exact) mass is 250 g/mol. The summed E-state index contributed by atoms with van der Waals surface area (Å²) in [7, 11) is 1.50. The molecule has 0 heterocycles. The van der Waals surface area contributed by atoms with E-state index < -0.39 is 11.8 Å². The number of anilines is 1. The smallest absolute Gasteiger partial charge is 0.313 e. The number of nitrogens with one attached hydrogen (secondary N) is 2. The molecule has 5 nitrogen and oxygen atoms in total. The van der Waals surface area contributed by atoms with Gasteiger partial charge in [-0.15, -0.1) is 0 Å². The lowest BCUT2D eigenvalue weighted by Gasteiger charge is -2.12. The fraction of sp³-hybridized carbons (Fsp3) is 0.385. The molecule has 0 saturated heterocycles. The van der Waals surface area contributed by atoms with E-state index >= 15 is 0 Å². The summed E-state index contributed by atoms with van der Waals surface area (Å²) in [5, 5.41) is 5.11. The van der Waals surface area contributed by atoms with E-state index in [1.54, 1.807) is 24.3 Å². The molecule has 0 saturated carbocycles. The van der Waals surface area contributed by atoms with Gasteiger partial charge in [0.15, 0.2) is 0 Å². The molecule has 1 rings (SSSR count). The van der Waals surface area contributed by atoms with Crippen molar-refractivity contribution < 1.29 is 14.3 Å². The van der Waals surface area contributed by atoms with Gasteiger partial charge in [-0.2, -0.15) is 0 Å². The van der Waals surface area contributed by atoms with Crippen LogP contribution in [-0.4, -0.2) is 25.0 Å². The van der Waals surface area contributed by atoms with Crippen molar-refractivity contribution in [3.63, 3.8) is 0 Å². The lowest BCUT2D eigenvalue weighted by molar-refractivity contribution is -0.136. The van der Waals surface area contributed by atoms with Crippen LogP contribution in [0, 0.1) is 0 Å². The van der Waals surface area contributed by atoms with Gasteiger partial charge >= 0.3 is 11.8 Å². The van der Waals surface area contributed by atoms with E-state index in [2.05, 4.69) is 10.6 Å². The first-order valence-electron chi connectivity index (χ1n) is 5.83. The van der Waals surface area contributed by atoms with Crippen LogP contribution >= 0.6 is 0 Å². The Kier molecular flexibility index (Phi) is 5.17. The van der Waals surface area contributed by atoms with Gasteiger partial charge in [-0.3, -0.25) is 9.59 Å². The number of benzene rings is 1. The normalized spacial score (nSPS) is 11.5. The fourth-order valence-corrected chi connectivity index (χ4v) is 1.32. The van der Waals surface area contributed by atoms with Crippen LogP contribution in [0.15, 0.2) is 24.3 Å². The molecule has 1 aromatic rings. The first-order chi connectivity index (χ1) is 8.58. The van der Waals surface area contributed by atoms with Crippen LogP contribution in [0.25, 0.3) is 0 Å². The highest BCUT2D eigenvalue weighted by Gasteiger charge is 2.16. The predicted octanol–water partition coefficient (Wildman–Crippen LogP) is 1.55. The Hall–Kier alpha value is -2.04. The third kappa shape index (κ3) is 3.76. The average molecular weight is 250 g/mol. The zero-order valence-electron chi connectivity index (χ0n) is 10.8. The highest BCUT2D eigenvalue weighted by atomic mass is 16.5. The maximum atomic E-state index is 11.7. The summed E-state index contributed by atoms with van der Waals surface area (Å²) in [5.41, 5.74) is 0.476. The standard InChI is InChI=1S/C13H18N2O3/c1-4-9(2)14-12(16)13(17)15-10-7-5-6-8-11(10)18-3/h5-9H,4H2,1-3H3,(H,14,16)(H,15,17)/t9-/m0/s1. The molecule has 0 radical (unpaired) electrons. The summed E-state index contributed by atoms with van der Waals surface area (Å²) in [5.74, 6) is -0.822. The number of hydrogen-bond donors (Lipinski definition) is 2. The number of hydrogen-bond acceptors (Lipinski definition) is 3. The van der Waals surface area contributed by atoms with Gasteiger partial charge < -0.3 is 15.4 Å². The maximum Gasteiger partial charge on any atom is 0.313 e. The van der Waals surface area contributed by atoms with E-state index in [4.69, 9.17) is 4.74 Å². The van der Waals surface area contributed by atoms with Gasteiger partial charge in [0.1, 0.15) is 5.75 Å². The first-order valence-corrected chi connectivity index (χ1v) is 5.83. The van der Waals surface area contributed by atoms with E-state index in [0.717, 1.165) is 6.42 Å². The van der Waals surface area contributed by atoms with Crippen molar-refractivity contribution in [2.45, 2.75) is 26.3 Å². The summed E-state index contributed by atoms with van der Waals surface area (Å²) in [6.45, 7) is 3.78. The lowest BCUT2D eigenvalue weighted by Crippen LogP contribution is -2.40. The molecule has 0 aliphatic rings. The molecular formula is C13H18N2O3. The summed E-state index contributed by atoms with van der Waals surface area (Å²) in [6, 6.07) is 6.90. The molecule has 98 valence electrons. The Morgan fingerprint density at radius 1 is 1.28 bits per heavy atom. The van der Waals surface area contributed by atoms with Crippen molar-refractivity contribution in [2.24, 2.45) is 0 Å². The number of amides is 2. The molecule has 5 heteroatoms. The van der Waals surface area contributed by atoms with Crippen molar-refractivity contribution in [1.29, 1.82) is 0 Å². The van der Waals surface area contributed by atoms with Gasteiger partial charge in [0.25, 0.3) is 0 Å². The molecule has 18 heavy (non-hydrogen) atoms. The minimum atomic E-state index is -0.695. The van der Waals surface area contributed by atoms with Crippen LogP contribution in [0.4, 0.5) is 5.69 Å². The minimum absolute atomic E-state index is 0.0269. The predicted molar refractivity (Wildman–Crippen MR) is 69.5 cm³/mol. The van der Waals surface area contributed by atoms with E-state index in [1.165, 1.54) is 7.11 Å². The highest BCUT2D eigenvalue weighted by Crippen LogP contribution is 2.22. The molecule has 0 unspecified atom stereocenters. The second-order valence-electron chi connectivity index (χ2n) is 3.94. The Morgan fingerprint density at radius 3 is 2.56 bits per heavy atom. The Morgan fingerprint density at radius 2 is 1.94 bits per heavy atom. The fourth-order valence-electron chi connectivity index (χ4n) is 1.32. The minimum Gasteiger partial charge on any atom is -0.495 e. The van der Waals surface area contributed by atoms with Crippen molar-refractivity contribution in [3.05, 3.63) is 24.3 Å². The van der Waals surface area contributed by atoms with Gasteiger partial charge in [0.2, 0.25) is 0 Å². The van der Waals surface area contributed by atoms with Crippen LogP contribution in [0.2, 0.25) is 0 Å². The Bertz CT molecular complexity index is 432. The molecule has 1 atom stereocenters. The third-order valence-corrected chi connectivity index (χ3v) is 2.55. The lowest BCUT2D eigenvalue weighted by atomic mass is 10.2. The molecule has 2 N–H and O–H groups in total. The van der Waals surface area contributed by atoms with Crippen LogP contribution < -0.4 is 15.4 Å². The Balaban J connectivity index is 2.67. The van der Waals surface area contributed by atoms with Gasteiger partial charge in [0, 0.05) is 6.04 Å². The van der Waals surface area contributed by atoms with E-state index in [0.29, 0.717) is 11.4 Å². The number of rotatable bonds is 4. The molecule has 0 spiro atoms. The van der Waals surface area contributed by atoms with Gasteiger partial charge in [-0.05, 0) is 25.5 Å². The number of carbonyl (C=O) groups excluding carboxylic acids is 2. The number of para-hydroxylation sites is 2. The molecule has 0 aliphatic carbocycles. The zero-order valence-corrected chi connectivity index (χ0v) is 10.8. The summed E-state index contributed by atoms with van der Waals surface area (Å²) < 4.78 is 5.08. The van der Waals surface area contributed by atoms with Crippen molar-refractivity contribution in [1.82, 2.24) is 5.32 Å². The summed E-state index contributed by atoms with van der Waals surface area (Å²) in [6.07, 6.45) is 0.772. The average Bonchev–Trinajstić information content (AvgIpc) is 2.39. The molecule has 0 aliphatic heterocycles. The maximum absolute atomic E-state index is 11.7. The van der Waals surface area contributed by atoms with Crippen molar-refractivity contribution >= 4 is 17.5 Å². The van der Waals surface area contributed by atoms with Crippen LogP contribution in [0.3, 0.4) is 0 Å². The SMILES string of the molecule is CC[C@H](C)NC(=O)C(=O)Nc1ccccc1OC. The molecule has 2 amide bonds. The third-order valence-electron chi connectivity index (χ3n) is 2.55. The van der Waals surface area contributed by atoms with E-state index in [1.807, 2.05) is 13.8 Å². The van der Waals surface area contributed by atoms with E-state index in [9.17, 15) is 9.59 Å². The van der Waals surface area contributed by atoms with Gasteiger partial charge in [0.05, 0.1) is 12.8 Å². The zero-order chi connectivity index (χ0) is 13.5.